The van der Waals surface area contributed by atoms with Gasteiger partial charge in [0.1, 0.15) is 5.82 Å². The Labute approximate surface area is 156 Å². The second-order valence-electron chi connectivity index (χ2n) is 6.65. The molecule has 3 aromatic rings. The summed E-state index contributed by atoms with van der Waals surface area (Å²) in [5.41, 5.74) is 6.35. The molecule has 2 aromatic heterocycles. The highest BCUT2D eigenvalue weighted by molar-refractivity contribution is 5.55. The van der Waals surface area contributed by atoms with Crippen molar-refractivity contribution in [2.24, 2.45) is 0 Å². The first kappa shape index (κ1) is 18.3. The molecule has 4 rings (SSSR count). The van der Waals surface area contributed by atoms with E-state index in [0.717, 1.165) is 0 Å². The van der Waals surface area contributed by atoms with Crippen molar-refractivity contribution in [2.75, 3.05) is 23.7 Å². The van der Waals surface area contributed by atoms with Crippen molar-refractivity contribution < 1.29 is 22.7 Å². The number of hydrogen-bond acceptors (Lipinski definition) is 6. The zero-order chi connectivity index (χ0) is 20.1. The molecular weight excluding hydrogens is 380 g/mol. The third-order valence-electron chi connectivity index (χ3n) is 4.95. The van der Waals surface area contributed by atoms with Crippen molar-refractivity contribution in [3.63, 3.8) is 0 Å². The molecule has 3 heterocycles. The fourth-order valence-electron chi connectivity index (χ4n) is 3.50. The van der Waals surface area contributed by atoms with Crippen LogP contribution in [0.4, 0.5) is 29.1 Å². The van der Waals surface area contributed by atoms with Gasteiger partial charge in [-0.15, -0.1) is 15.3 Å². The van der Waals surface area contributed by atoms with Crippen LogP contribution in [0.2, 0.25) is 0 Å². The molecule has 3 N–H and O–H groups in total. The molecule has 148 valence electrons. The molecule has 11 heteroatoms. The maximum Gasteiger partial charge on any atom is 0.453 e. The van der Waals surface area contributed by atoms with Gasteiger partial charge in [0.2, 0.25) is 0 Å². The molecule has 0 unspecified atom stereocenters. The SMILES string of the molecule is Nc1c(C2CCN(c3ccc4nnc(C(F)(F)F)n4n3)CC2)ccc(O)c1F. The van der Waals surface area contributed by atoms with Crippen LogP contribution in [0.25, 0.3) is 5.65 Å². The highest BCUT2D eigenvalue weighted by atomic mass is 19.4. The van der Waals surface area contributed by atoms with E-state index < -0.39 is 23.6 Å². The number of phenolic OH excluding ortho intramolecular Hbond substituents is 1. The summed E-state index contributed by atoms with van der Waals surface area (Å²) in [6, 6.07) is 5.90. The predicted octanol–water partition coefficient (Wildman–Crippen LogP) is 2.95. The van der Waals surface area contributed by atoms with E-state index in [9.17, 15) is 22.7 Å². The summed E-state index contributed by atoms with van der Waals surface area (Å²) in [6.45, 7) is 1.02. The first-order valence-electron chi connectivity index (χ1n) is 8.57. The molecule has 0 radical (unpaired) electrons. The van der Waals surface area contributed by atoms with Crippen molar-refractivity contribution >= 4 is 17.2 Å². The van der Waals surface area contributed by atoms with Gasteiger partial charge in [0.15, 0.2) is 17.2 Å². The van der Waals surface area contributed by atoms with E-state index in [1.807, 2.05) is 4.90 Å². The van der Waals surface area contributed by atoms with E-state index in [-0.39, 0.29) is 17.3 Å². The summed E-state index contributed by atoms with van der Waals surface area (Å²) < 4.78 is 53.6. The van der Waals surface area contributed by atoms with E-state index >= 15 is 0 Å². The van der Waals surface area contributed by atoms with Crippen molar-refractivity contribution in [1.29, 1.82) is 0 Å². The summed E-state index contributed by atoms with van der Waals surface area (Å²) in [7, 11) is 0. The van der Waals surface area contributed by atoms with Crippen LogP contribution in [0.3, 0.4) is 0 Å². The molecule has 0 bridgehead atoms. The lowest BCUT2D eigenvalue weighted by atomic mass is 9.88. The van der Waals surface area contributed by atoms with Gasteiger partial charge in [-0.3, -0.25) is 0 Å². The molecule has 1 saturated heterocycles. The number of halogens is 4. The number of phenols is 1. The number of nitrogens with zero attached hydrogens (tertiary/aromatic N) is 5. The Hall–Kier alpha value is -3.11. The Kier molecular flexibility index (Phi) is 4.24. The average Bonchev–Trinajstić information content (AvgIpc) is 3.10. The third kappa shape index (κ3) is 3.06. The fourth-order valence-corrected chi connectivity index (χ4v) is 3.50. The Morgan fingerprint density at radius 2 is 1.79 bits per heavy atom. The molecule has 1 aromatic carbocycles. The molecule has 1 aliphatic rings. The van der Waals surface area contributed by atoms with Crippen molar-refractivity contribution in [1.82, 2.24) is 19.8 Å². The van der Waals surface area contributed by atoms with Crippen LogP contribution in [0, 0.1) is 5.82 Å². The lowest BCUT2D eigenvalue weighted by Crippen LogP contribution is -2.34. The van der Waals surface area contributed by atoms with Gasteiger partial charge in [-0.05, 0) is 42.5 Å². The number of hydrogen-bond donors (Lipinski definition) is 2. The standard InChI is InChI=1S/C17H16F4N6O/c18-14-11(28)2-1-10(15(14)22)9-5-7-26(8-6-9)13-4-3-12-23-24-16(17(19,20)21)27(12)25-13/h1-4,9,28H,5-8,22H2. The summed E-state index contributed by atoms with van der Waals surface area (Å²) in [6.07, 6.45) is -3.43. The quantitative estimate of drug-likeness (QED) is 0.511. The smallest absolute Gasteiger partial charge is 0.453 e. The van der Waals surface area contributed by atoms with Gasteiger partial charge >= 0.3 is 6.18 Å². The Morgan fingerprint density at radius 1 is 1.07 bits per heavy atom. The van der Waals surface area contributed by atoms with Crippen molar-refractivity contribution in [3.8, 4) is 5.75 Å². The zero-order valence-electron chi connectivity index (χ0n) is 14.5. The number of piperidine rings is 1. The monoisotopic (exact) mass is 396 g/mol. The number of fused-ring (bicyclic) bond motifs is 1. The van der Waals surface area contributed by atoms with Gasteiger partial charge in [0, 0.05) is 13.1 Å². The number of anilines is 2. The van der Waals surface area contributed by atoms with Crippen LogP contribution in [0.15, 0.2) is 24.3 Å². The van der Waals surface area contributed by atoms with Crippen molar-refractivity contribution in [2.45, 2.75) is 24.9 Å². The highest BCUT2D eigenvalue weighted by Crippen LogP contribution is 2.36. The predicted molar refractivity (Wildman–Crippen MR) is 92.4 cm³/mol. The number of alkyl halides is 3. The molecule has 28 heavy (non-hydrogen) atoms. The number of nitrogens with two attached hydrogens (primary N) is 1. The summed E-state index contributed by atoms with van der Waals surface area (Å²) in [5, 5.41) is 20.1. The van der Waals surface area contributed by atoms with Gasteiger partial charge in [-0.2, -0.15) is 17.7 Å². The number of benzene rings is 1. The van der Waals surface area contributed by atoms with Crippen LogP contribution in [0.5, 0.6) is 5.75 Å². The number of aromatic nitrogens is 4. The zero-order valence-corrected chi connectivity index (χ0v) is 14.5. The minimum atomic E-state index is -4.65. The molecule has 1 fully saturated rings. The average molecular weight is 396 g/mol. The molecule has 0 saturated carbocycles. The summed E-state index contributed by atoms with van der Waals surface area (Å²) >= 11 is 0. The largest absolute Gasteiger partial charge is 0.505 e. The fraction of sp³-hybridized carbons (Fsp3) is 0.353. The first-order valence-corrected chi connectivity index (χ1v) is 8.57. The molecule has 0 aliphatic carbocycles. The summed E-state index contributed by atoms with van der Waals surface area (Å²) in [5.74, 6) is -2.15. The second kappa shape index (κ2) is 6.50. The van der Waals surface area contributed by atoms with E-state index in [0.29, 0.717) is 41.8 Å². The number of aromatic hydroxyl groups is 1. The first-order chi connectivity index (χ1) is 13.3. The summed E-state index contributed by atoms with van der Waals surface area (Å²) in [4.78, 5) is 1.85. The second-order valence-corrected chi connectivity index (χ2v) is 6.65. The molecule has 7 nitrogen and oxygen atoms in total. The molecule has 0 spiro atoms. The number of rotatable bonds is 2. The van der Waals surface area contributed by atoms with Crippen LogP contribution in [-0.2, 0) is 6.18 Å². The lowest BCUT2D eigenvalue weighted by Gasteiger charge is -2.33. The van der Waals surface area contributed by atoms with Gasteiger partial charge in [-0.1, -0.05) is 6.07 Å². The van der Waals surface area contributed by atoms with Gasteiger partial charge in [0.05, 0.1) is 5.69 Å². The molecular formula is C17H16F4N6O. The third-order valence-corrected chi connectivity index (χ3v) is 4.95. The van der Waals surface area contributed by atoms with Gasteiger partial charge < -0.3 is 15.7 Å². The lowest BCUT2D eigenvalue weighted by molar-refractivity contribution is -0.146. The van der Waals surface area contributed by atoms with Crippen LogP contribution in [-0.4, -0.2) is 38.0 Å². The van der Waals surface area contributed by atoms with E-state index in [1.54, 1.807) is 12.1 Å². The maximum atomic E-state index is 13.8. The molecule has 1 aliphatic heterocycles. The normalized spacial score (nSPS) is 16.1. The van der Waals surface area contributed by atoms with Crippen LogP contribution >= 0.6 is 0 Å². The topological polar surface area (TPSA) is 92.6 Å². The van der Waals surface area contributed by atoms with Gasteiger partial charge in [-0.25, -0.2) is 4.39 Å². The van der Waals surface area contributed by atoms with Crippen molar-refractivity contribution in [3.05, 3.63) is 41.5 Å². The van der Waals surface area contributed by atoms with E-state index in [2.05, 4.69) is 15.3 Å². The van der Waals surface area contributed by atoms with Gasteiger partial charge in [0.25, 0.3) is 5.82 Å². The number of nitrogen functional groups attached to an aromatic ring is 1. The highest BCUT2D eigenvalue weighted by Gasteiger charge is 2.38. The molecule has 0 amide bonds. The Morgan fingerprint density at radius 3 is 2.46 bits per heavy atom. The molecule has 0 atom stereocenters. The maximum absolute atomic E-state index is 13.8. The Bertz CT molecular complexity index is 1030. The van der Waals surface area contributed by atoms with Crippen LogP contribution in [0.1, 0.15) is 30.1 Å². The minimum Gasteiger partial charge on any atom is -0.505 e. The Balaban J connectivity index is 1.55. The van der Waals surface area contributed by atoms with Crippen LogP contribution < -0.4 is 10.6 Å². The minimum absolute atomic E-state index is 0.0123. The van der Waals surface area contributed by atoms with E-state index in [1.165, 1.54) is 12.1 Å². The van der Waals surface area contributed by atoms with E-state index in [4.69, 9.17) is 5.73 Å².